The van der Waals surface area contributed by atoms with Gasteiger partial charge in [-0.05, 0) is 302 Å². The van der Waals surface area contributed by atoms with Gasteiger partial charge in [0.1, 0.15) is 11.6 Å². The molecular formula is C101H193N11O11. The van der Waals surface area contributed by atoms with Gasteiger partial charge in [-0.2, -0.15) is 0 Å². The number of anilines is 1. The van der Waals surface area contributed by atoms with E-state index in [9.17, 15) is 4.79 Å². The summed E-state index contributed by atoms with van der Waals surface area (Å²) in [7, 11) is 16.7. The third kappa shape index (κ3) is 85.3. The van der Waals surface area contributed by atoms with Crippen molar-refractivity contribution in [1.29, 1.82) is 0 Å². The second-order valence-corrected chi connectivity index (χ2v) is 41.1. The van der Waals surface area contributed by atoms with Crippen LogP contribution in [-0.2, 0) is 62.3 Å². The summed E-state index contributed by atoms with van der Waals surface area (Å²) < 4.78 is 50.8. The van der Waals surface area contributed by atoms with Gasteiger partial charge in [-0.3, -0.25) is 19.5 Å². The maximum absolute atomic E-state index is 10.9. The van der Waals surface area contributed by atoms with Crippen LogP contribution >= 0.6 is 0 Å². The van der Waals surface area contributed by atoms with Gasteiger partial charge in [-0.1, -0.05) is 99.8 Å². The highest BCUT2D eigenvalue weighted by atomic mass is 16.5. The Hall–Kier alpha value is -4.54. The van der Waals surface area contributed by atoms with Crippen molar-refractivity contribution in [3.05, 3.63) is 120 Å². The van der Waals surface area contributed by atoms with Crippen LogP contribution in [0.5, 0.6) is 0 Å². The van der Waals surface area contributed by atoms with Gasteiger partial charge < -0.3 is 82.1 Å². The van der Waals surface area contributed by atoms with Crippen LogP contribution in [0.1, 0.15) is 248 Å². The molecule has 0 amide bonds. The van der Waals surface area contributed by atoms with Gasteiger partial charge in [-0.15, -0.1) is 0 Å². The number of aliphatic carboxylic acids is 1. The summed E-state index contributed by atoms with van der Waals surface area (Å²) in [6, 6.07) is 31.1. The number of carbonyl (C=O) groups is 1. The zero-order valence-corrected chi connectivity index (χ0v) is 85.7. The lowest BCUT2D eigenvalue weighted by Crippen LogP contribution is -2.37. The van der Waals surface area contributed by atoms with Crippen molar-refractivity contribution in [1.82, 2.24) is 49.5 Å². The quantitative estimate of drug-likeness (QED) is 0.0426. The number of rotatable bonds is 45. The average Bonchev–Trinajstić information content (AvgIpc) is 1.79. The van der Waals surface area contributed by atoms with Crippen molar-refractivity contribution < 1.29 is 52.2 Å². The van der Waals surface area contributed by atoms with Gasteiger partial charge in [0, 0.05) is 117 Å². The summed E-state index contributed by atoms with van der Waals surface area (Å²) in [4.78, 5) is 35.5. The van der Waals surface area contributed by atoms with E-state index < -0.39 is 5.97 Å². The number of furan rings is 1. The number of benzene rings is 2. The van der Waals surface area contributed by atoms with Crippen LogP contribution in [-0.4, -0.2) is 320 Å². The summed E-state index contributed by atoms with van der Waals surface area (Å²) >= 11 is 0. The van der Waals surface area contributed by atoms with Crippen LogP contribution in [0.2, 0.25) is 0 Å². The Balaban J connectivity index is 0. The third-order valence-electron chi connectivity index (χ3n) is 18.8. The summed E-state index contributed by atoms with van der Waals surface area (Å²) in [5.74, 6) is 2.15. The molecule has 2 aromatic heterocycles. The van der Waals surface area contributed by atoms with E-state index in [4.69, 9.17) is 47.4 Å². The Labute approximate surface area is 756 Å². The molecule has 0 bridgehead atoms. The number of carboxylic acids is 1. The molecular weight excluding hydrogens is 1540 g/mol. The topological polar surface area (TPSA) is 178 Å². The minimum atomic E-state index is -0.813. The number of nitrogens with zero attached hydrogens (tertiary/aromatic N) is 10. The Morgan fingerprint density at radius 2 is 0.805 bits per heavy atom. The number of aromatic nitrogens is 1. The van der Waals surface area contributed by atoms with Gasteiger partial charge >= 0.3 is 5.97 Å². The first-order chi connectivity index (χ1) is 57.1. The van der Waals surface area contributed by atoms with Crippen LogP contribution < -0.4 is 10.2 Å². The van der Waals surface area contributed by atoms with E-state index >= 15 is 0 Å². The predicted molar refractivity (Wildman–Crippen MR) is 521 cm³/mol. The molecule has 4 aromatic rings. The lowest BCUT2D eigenvalue weighted by molar-refractivity contribution is -0.138. The Kier molecular flexibility index (Phi) is 65.4. The van der Waals surface area contributed by atoms with Gasteiger partial charge in [0.2, 0.25) is 0 Å². The molecule has 2 N–H and O–H groups in total. The zero-order valence-electron chi connectivity index (χ0n) is 85.7. The molecule has 0 saturated heterocycles. The SMILES string of the molecule is CC(C)(C)OCCN(CC(=O)O)Cc1ccccc1.CCCN(CCOC(C)(C)C)CC1CC1.CCN(CCOC(C)(C)C)Cc1ccccc1.CN(C)CCN(C)CCOC(C)(C)C.CN(CCOC(C)(C)C)C1CCCCC1.CN(CCOC(C)(C)C)Cc1ccco1.CN(CCOC(C)(C)C)c1ccccn1.CNCCN(C)CCOC(C)(C)C. The number of hydrogen-bond acceptors (Lipinski definition) is 21. The normalized spacial score (nSPS) is 13.7. The molecule has 2 saturated carbocycles. The van der Waals surface area contributed by atoms with Crippen LogP contribution in [0.3, 0.4) is 0 Å². The molecule has 2 aliphatic rings. The Morgan fingerprint density at radius 3 is 1.18 bits per heavy atom. The smallest absolute Gasteiger partial charge is 0.317 e. The van der Waals surface area contributed by atoms with E-state index in [1.165, 1.54) is 70.0 Å². The maximum Gasteiger partial charge on any atom is 0.317 e. The van der Waals surface area contributed by atoms with Gasteiger partial charge in [0.25, 0.3) is 0 Å². The van der Waals surface area contributed by atoms with Crippen LogP contribution in [0.15, 0.2) is 108 Å². The lowest BCUT2D eigenvalue weighted by Gasteiger charge is -2.32. The highest BCUT2D eigenvalue weighted by Crippen LogP contribution is 2.30. The van der Waals surface area contributed by atoms with E-state index in [1.807, 2.05) is 100 Å². The molecule has 2 aromatic carbocycles. The lowest BCUT2D eigenvalue weighted by atomic mass is 9.94. The molecule has 6 rings (SSSR count). The van der Waals surface area contributed by atoms with Gasteiger partial charge in [0.05, 0.1) is 117 Å². The van der Waals surface area contributed by atoms with Crippen molar-refractivity contribution in [3.63, 3.8) is 0 Å². The number of nitrogens with one attached hydrogen (secondary N) is 1. The van der Waals surface area contributed by atoms with Crippen molar-refractivity contribution >= 4 is 11.8 Å². The first kappa shape index (κ1) is 121. The molecule has 0 atom stereocenters. The maximum atomic E-state index is 10.9. The fourth-order valence-electron chi connectivity index (χ4n) is 11.7. The standard InChI is InChI=1S/C15H23NO3.C15H25NO.2C13H27NO.C12H20N2O.C12H21NO2.C11H26N2O.C10H24N2O/c1-15(2,3)19-10-9-16(12-14(17)18)11-13-7-5-4-6-8-13;1-5-16(11-12-17-15(2,3)4)13-14-9-7-6-8-10-14;1-13(2,3)15-11-10-14(4)12-8-6-5-7-9-12;1-5-8-14(11-12-6-7-12)9-10-15-13(2,3)4;1-12(2,3)15-10-9-14(4)11-7-5-6-8-13-11;1-12(2,3)15-9-7-13(4)10-11-6-5-8-14-11;1-11(2,3)14-10-9-13(6)8-7-12(4)5;1-10(2,3)13-9-8-12(5)7-6-11-4/h4-8H,9-12H2,1-3H3,(H,17,18);6-10H,5,11-13H2,1-4H3;2*12H,5-11H2,1-4H3;5-8H,9-10H2,1-4H3;5-6,8H,7,9-10H2,1-4H3;7-10H2,1-6H3;11H,6-9H2,1-5H3. The third-order valence-corrected chi connectivity index (χ3v) is 18.8. The minimum Gasteiger partial charge on any atom is -0.480 e. The van der Waals surface area contributed by atoms with Crippen LogP contribution in [0.4, 0.5) is 5.82 Å². The molecule has 2 aliphatic carbocycles. The summed E-state index contributed by atoms with van der Waals surface area (Å²) in [5, 5.41) is 12.1. The number of carboxylic acid groups (broad SMARTS) is 1. The van der Waals surface area contributed by atoms with E-state index in [-0.39, 0.29) is 51.4 Å². The molecule has 0 spiro atoms. The first-order valence-electron chi connectivity index (χ1n) is 46.4. The van der Waals surface area contributed by atoms with Gasteiger partial charge in [0.15, 0.2) is 0 Å². The van der Waals surface area contributed by atoms with E-state index in [2.05, 4.69) is 281 Å². The van der Waals surface area contributed by atoms with E-state index in [0.717, 1.165) is 167 Å². The predicted octanol–water partition coefficient (Wildman–Crippen LogP) is 18.8. The number of likely N-dealkylation sites (N-methyl/N-ethyl adjacent to an activating group) is 8. The Bertz CT molecular complexity index is 3020. The summed E-state index contributed by atoms with van der Waals surface area (Å²) in [6.45, 7) is 78.4. The van der Waals surface area contributed by atoms with Crippen molar-refractivity contribution in [2.45, 2.75) is 302 Å². The molecule has 123 heavy (non-hydrogen) atoms. The average molecular weight is 1740 g/mol. The van der Waals surface area contributed by atoms with E-state index in [1.54, 1.807) is 12.5 Å². The number of ether oxygens (including phenoxy) is 8. The fraction of sp³-hybridized carbons (Fsp3) is 0.782. The number of hydrogen-bond donors (Lipinski definition) is 2. The minimum absolute atomic E-state index is 0.00735. The second kappa shape index (κ2) is 66.8. The second-order valence-electron chi connectivity index (χ2n) is 41.1. The summed E-state index contributed by atoms with van der Waals surface area (Å²) in [6.07, 6.45) is 14.7. The van der Waals surface area contributed by atoms with Gasteiger partial charge in [-0.25, -0.2) is 4.98 Å². The molecule has 22 nitrogen and oxygen atoms in total. The highest BCUT2D eigenvalue weighted by Gasteiger charge is 2.25. The molecule has 718 valence electrons. The van der Waals surface area contributed by atoms with E-state index in [0.29, 0.717) is 19.7 Å². The number of pyridine rings is 1. The Morgan fingerprint density at radius 1 is 0.415 bits per heavy atom. The molecule has 22 heteroatoms. The largest absolute Gasteiger partial charge is 0.480 e. The molecule has 0 radical (unpaired) electrons. The van der Waals surface area contributed by atoms with Crippen LogP contribution in [0.25, 0.3) is 0 Å². The monoisotopic (exact) mass is 1740 g/mol. The first-order valence-corrected chi connectivity index (χ1v) is 46.4. The van der Waals surface area contributed by atoms with Crippen molar-refractivity contribution in [2.75, 3.05) is 219 Å². The fourth-order valence-corrected chi connectivity index (χ4v) is 11.7. The molecule has 2 heterocycles. The van der Waals surface area contributed by atoms with Crippen LogP contribution in [0, 0.1) is 5.92 Å². The molecule has 0 unspecified atom stereocenters. The zero-order chi connectivity index (χ0) is 93.8. The molecule has 0 aliphatic heterocycles. The van der Waals surface area contributed by atoms with Crippen molar-refractivity contribution in [3.8, 4) is 0 Å². The summed E-state index contributed by atoms with van der Waals surface area (Å²) in [5.41, 5.74) is 2.13. The highest BCUT2D eigenvalue weighted by molar-refractivity contribution is 5.69. The molecule has 2 fully saturated rings. The van der Waals surface area contributed by atoms with Crippen molar-refractivity contribution in [2.24, 2.45) is 5.92 Å².